The smallest absolute Gasteiger partial charge is 0.349 e. The van der Waals surface area contributed by atoms with Gasteiger partial charge in [0.1, 0.15) is 17.1 Å². The number of aromatic hydroxyl groups is 1. The number of phenolic OH excluding ortho intramolecular Hbond substituents is 1. The highest BCUT2D eigenvalue weighted by Crippen LogP contribution is 2.39. The zero-order valence-electron chi connectivity index (χ0n) is 11.0. The maximum absolute atomic E-state index is 11.8. The van der Waals surface area contributed by atoms with Crippen molar-refractivity contribution < 1.29 is 19.4 Å². The molecule has 0 saturated heterocycles. The number of nitrogens with zero attached hydrogens (tertiary/aromatic N) is 1. The molecule has 0 fully saturated rings. The van der Waals surface area contributed by atoms with Crippen LogP contribution in [0.3, 0.4) is 0 Å². The lowest BCUT2D eigenvalue weighted by Crippen LogP contribution is -2.39. The SMILES string of the molecule is CCN(C)c1cc(O)c2c(c1)OC(C)(C)OC2=O. The summed E-state index contributed by atoms with van der Waals surface area (Å²) in [4.78, 5) is 13.7. The Labute approximate surface area is 106 Å². The van der Waals surface area contributed by atoms with E-state index >= 15 is 0 Å². The first kappa shape index (κ1) is 12.5. The van der Waals surface area contributed by atoms with Crippen LogP contribution in [-0.4, -0.2) is 30.5 Å². The molecular formula is C13H17NO4. The number of carbonyl (C=O) groups is 1. The van der Waals surface area contributed by atoms with Gasteiger partial charge in [-0.1, -0.05) is 0 Å². The minimum atomic E-state index is -1.01. The van der Waals surface area contributed by atoms with Gasteiger partial charge in [-0.05, 0) is 6.92 Å². The molecule has 5 heteroatoms. The van der Waals surface area contributed by atoms with Crippen molar-refractivity contribution in [2.75, 3.05) is 18.5 Å². The molecule has 0 unspecified atom stereocenters. The quantitative estimate of drug-likeness (QED) is 0.816. The molecule has 1 aliphatic rings. The van der Waals surface area contributed by atoms with Gasteiger partial charge in [0.15, 0.2) is 0 Å². The van der Waals surface area contributed by atoms with Gasteiger partial charge in [-0.2, -0.15) is 0 Å². The molecule has 0 atom stereocenters. The van der Waals surface area contributed by atoms with E-state index in [2.05, 4.69) is 0 Å². The van der Waals surface area contributed by atoms with Crippen LogP contribution in [0.5, 0.6) is 11.5 Å². The van der Waals surface area contributed by atoms with Crippen LogP contribution in [0.1, 0.15) is 31.1 Å². The van der Waals surface area contributed by atoms with Crippen molar-refractivity contribution in [3.63, 3.8) is 0 Å². The van der Waals surface area contributed by atoms with Crippen LogP contribution in [0.25, 0.3) is 0 Å². The fourth-order valence-electron chi connectivity index (χ4n) is 1.84. The van der Waals surface area contributed by atoms with Crippen molar-refractivity contribution in [3.8, 4) is 11.5 Å². The third kappa shape index (κ3) is 2.08. The molecule has 1 aromatic rings. The highest BCUT2D eigenvalue weighted by atomic mass is 16.7. The first-order valence-corrected chi connectivity index (χ1v) is 5.84. The first-order chi connectivity index (χ1) is 8.34. The topological polar surface area (TPSA) is 59.0 Å². The van der Waals surface area contributed by atoms with Crippen LogP contribution in [0.4, 0.5) is 5.69 Å². The van der Waals surface area contributed by atoms with Gasteiger partial charge in [0, 0.05) is 45.3 Å². The summed E-state index contributed by atoms with van der Waals surface area (Å²) in [6, 6.07) is 3.27. The Hall–Kier alpha value is -1.91. The number of anilines is 1. The number of hydrogen-bond donors (Lipinski definition) is 1. The van der Waals surface area contributed by atoms with E-state index in [0.717, 1.165) is 12.2 Å². The zero-order valence-corrected chi connectivity index (χ0v) is 11.0. The molecule has 1 aromatic carbocycles. The summed E-state index contributed by atoms with van der Waals surface area (Å²) in [6.45, 7) is 6.09. The molecule has 0 radical (unpaired) electrons. The van der Waals surface area contributed by atoms with Crippen LogP contribution in [0, 0.1) is 0 Å². The van der Waals surface area contributed by atoms with E-state index in [9.17, 15) is 9.90 Å². The molecule has 0 spiro atoms. The highest BCUT2D eigenvalue weighted by Gasteiger charge is 2.36. The van der Waals surface area contributed by atoms with Crippen molar-refractivity contribution >= 4 is 11.7 Å². The van der Waals surface area contributed by atoms with E-state index in [0.29, 0.717) is 5.75 Å². The van der Waals surface area contributed by atoms with E-state index in [-0.39, 0.29) is 11.3 Å². The number of carbonyl (C=O) groups excluding carboxylic acids is 1. The van der Waals surface area contributed by atoms with Crippen LogP contribution < -0.4 is 9.64 Å². The molecule has 1 heterocycles. The Morgan fingerprint density at radius 1 is 1.33 bits per heavy atom. The molecule has 0 bridgehead atoms. The molecule has 5 nitrogen and oxygen atoms in total. The summed E-state index contributed by atoms with van der Waals surface area (Å²) >= 11 is 0. The number of fused-ring (bicyclic) bond motifs is 1. The number of rotatable bonds is 2. The van der Waals surface area contributed by atoms with E-state index in [4.69, 9.17) is 9.47 Å². The summed E-state index contributed by atoms with van der Waals surface area (Å²) in [5.74, 6) is -1.35. The van der Waals surface area contributed by atoms with Crippen molar-refractivity contribution in [1.29, 1.82) is 0 Å². The summed E-state index contributed by atoms with van der Waals surface area (Å²) < 4.78 is 10.6. The second-order valence-corrected chi connectivity index (χ2v) is 4.74. The molecule has 1 aliphatic heterocycles. The predicted octanol–water partition coefficient (Wildman–Crippen LogP) is 2.13. The van der Waals surface area contributed by atoms with Gasteiger partial charge in [0.05, 0.1) is 0 Å². The lowest BCUT2D eigenvalue weighted by Gasteiger charge is -2.32. The van der Waals surface area contributed by atoms with Crippen molar-refractivity contribution in [1.82, 2.24) is 0 Å². The first-order valence-electron chi connectivity index (χ1n) is 5.84. The summed E-state index contributed by atoms with van der Waals surface area (Å²) in [5, 5.41) is 9.91. The van der Waals surface area contributed by atoms with Crippen molar-refractivity contribution in [3.05, 3.63) is 17.7 Å². The Kier molecular flexibility index (Phi) is 2.84. The standard InChI is InChI=1S/C13H17NO4/c1-5-14(4)8-6-9(15)11-10(7-8)17-13(2,3)18-12(11)16/h6-7,15H,5H2,1-4H3. The second kappa shape index (κ2) is 4.08. The highest BCUT2D eigenvalue weighted by molar-refractivity contribution is 5.97. The largest absolute Gasteiger partial charge is 0.507 e. The van der Waals surface area contributed by atoms with Gasteiger partial charge in [-0.3, -0.25) is 0 Å². The molecular weight excluding hydrogens is 234 g/mol. The minimum Gasteiger partial charge on any atom is -0.507 e. The number of esters is 1. The predicted molar refractivity (Wildman–Crippen MR) is 67.2 cm³/mol. The lowest BCUT2D eigenvalue weighted by atomic mass is 10.1. The third-order valence-electron chi connectivity index (χ3n) is 2.88. The Morgan fingerprint density at radius 3 is 2.61 bits per heavy atom. The number of phenols is 1. The molecule has 18 heavy (non-hydrogen) atoms. The van der Waals surface area contributed by atoms with E-state index in [1.165, 1.54) is 6.07 Å². The van der Waals surface area contributed by atoms with Crippen LogP contribution in [-0.2, 0) is 4.74 Å². The summed E-state index contributed by atoms with van der Waals surface area (Å²) in [7, 11) is 1.90. The second-order valence-electron chi connectivity index (χ2n) is 4.74. The van der Waals surface area contributed by atoms with E-state index in [1.807, 2.05) is 18.9 Å². The average Bonchev–Trinajstić information content (AvgIpc) is 2.24. The minimum absolute atomic E-state index is 0.0857. The van der Waals surface area contributed by atoms with Gasteiger partial charge in [0.25, 0.3) is 0 Å². The molecule has 98 valence electrons. The maximum Gasteiger partial charge on any atom is 0.349 e. The van der Waals surface area contributed by atoms with Gasteiger partial charge in [-0.15, -0.1) is 0 Å². The van der Waals surface area contributed by atoms with Crippen molar-refractivity contribution in [2.45, 2.75) is 26.6 Å². The molecule has 0 aromatic heterocycles. The monoisotopic (exact) mass is 251 g/mol. The molecule has 2 rings (SSSR count). The Balaban J connectivity index is 2.52. The molecule has 1 N–H and O–H groups in total. The number of cyclic esters (lactones) is 1. The van der Waals surface area contributed by atoms with Crippen LogP contribution in [0.15, 0.2) is 12.1 Å². The number of hydrogen-bond acceptors (Lipinski definition) is 5. The van der Waals surface area contributed by atoms with Gasteiger partial charge < -0.3 is 19.5 Å². The normalized spacial score (nSPS) is 16.6. The zero-order chi connectivity index (χ0) is 13.5. The maximum atomic E-state index is 11.8. The van der Waals surface area contributed by atoms with Crippen LogP contribution >= 0.6 is 0 Å². The molecule has 0 amide bonds. The molecule has 0 saturated carbocycles. The van der Waals surface area contributed by atoms with Crippen molar-refractivity contribution in [2.24, 2.45) is 0 Å². The van der Waals surface area contributed by atoms with E-state index in [1.54, 1.807) is 19.9 Å². The van der Waals surface area contributed by atoms with E-state index < -0.39 is 11.8 Å². The molecule has 0 aliphatic carbocycles. The van der Waals surface area contributed by atoms with Crippen LogP contribution in [0.2, 0.25) is 0 Å². The van der Waals surface area contributed by atoms with Gasteiger partial charge >= 0.3 is 5.97 Å². The third-order valence-corrected chi connectivity index (χ3v) is 2.88. The Bertz CT molecular complexity index is 496. The fraction of sp³-hybridized carbons (Fsp3) is 0.462. The number of ether oxygens (including phenoxy) is 2. The van der Waals surface area contributed by atoms with Gasteiger partial charge in [-0.25, -0.2) is 4.79 Å². The Morgan fingerprint density at radius 2 is 2.00 bits per heavy atom. The average molecular weight is 251 g/mol. The lowest BCUT2D eigenvalue weighted by molar-refractivity contribution is -0.127. The number of benzene rings is 1. The fourth-order valence-corrected chi connectivity index (χ4v) is 1.84. The summed E-state index contributed by atoms with van der Waals surface area (Å²) in [6.07, 6.45) is 0. The van der Waals surface area contributed by atoms with Gasteiger partial charge in [0.2, 0.25) is 5.79 Å². The summed E-state index contributed by atoms with van der Waals surface area (Å²) in [5.41, 5.74) is 0.877.